The Morgan fingerprint density at radius 1 is 1.59 bits per heavy atom. The number of nitrogens with zero attached hydrogens (tertiary/aromatic N) is 2. The van der Waals surface area contributed by atoms with Crippen molar-refractivity contribution in [2.24, 2.45) is 7.05 Å². The number of rotatable bonds is 5. The van der Waals surface area contributed by atoms with Gasteiger partial charge in [-0.1, -0.05) is 17.7 Å². The number of aliphatic hydroxyl groups is 1. The molecule has 0 saturated heterocycles. The van der Waals surface area contributed by atoms with Gasteiger partial charge in [0.15, 0.2) is 0 Å². The summed E-state index contributed by atoms with van der Waals surface area (Å²) in [4.78, 5) is 1.35. The number of aryl methyl sites for hydroxylation is 2. The second-order valence-corrected chi connectivity index (χ2v) is 5.43. The van der Waals surface area contributed by atoms with Crippen LogP contribution in [0.2, 0.25) is 5.02 Å². The van der Waals surface area contributed by atoms with Gasteiger partial charge in [0.1, 0.15) is 0 Å². The number of hydrogen-bond donors (Lipinski definition) is 1. The highest BCUT2D eigenvalue weighted by Gasteiger charge is 2.15. The van der Waals surface area contributed by atoms with Crippen LogP contribution in [-0.2, 0) is 13.5 Å². The van der Waals surface area contributed by atoms with E-state index in [2.05, 4.69) is 22.6 Å². The van der Waals surface area contributed by atoms with Gasteiger partial charge in [-0.25, -0.2) is 0 Å². The molecule has 2 heterocycles. The zero-order valence-corrected chi connectivity index (χ0v) is 11.2. The number of hydrogen-bond acceptors (Lipinski definition) is 3. The third kappa shape index (κ3) is 3.09. The Labute approximate surface area is 110 Å². The SMILES string of the molecule is Cn1ncc(Cl)c1C(O)CCCc1cccs1. The second kappa shape index (κ2) is 5.67. The monoisotopic (exact) mass is 270 g/mol. The zero-order valence-electron chi connectivity index (χ0n) is 9.64. The van der Waals surface area contributed by atoms with Gasteiger partial charge < -0.3 is 5.11 Å². The minimum Gasteiger partial charge on any atom is -0.387 e. The molecule has 2 aromatic heterocycles. The third-order valence-electron chi connectivity index (χ3n) is 2.73. The van der Waals surface area contributed by atoms with Gasteiger partial charge >= 0.3 is 0 Å². The van der Waals surface area contributed by atoms with Crippen LogP contribution in [0, 0.1) is 0 Å². The van der Waals surface area contributed by atoms with Gasteiger partial charge in [-0.3, -0.25) is 4.68 Å². The van der Waals surface area contributed by atoms with E-state index in [1.165, 1.54) is 4.88 Å². The minimum absolute atomic E-state index is 0.532. The fraction of sp³-hybridized carbons (Fsp3) is 0.417. The Kier molecular flexibility index (Phi) is 4.20. The third-order valence-corrected chi connectivity index (χ3v) is 3.96. The van der Waals surface area contributed by atoms with Crippen molar-refractivity contribution in [1.29, 1.82) is 0 Å². The molecule has 1 atom stereocenters. The first-order valence-corrected chi connectivity index (χ1v) is 6.82. The van der Waals surface area contributed by atoms with Crippen LogP contribution in [0.4, 0.5) is 0 Å². The zero-order chi connectivity index (χ0) is 12.3. The molecule has 0 aromatic carbocycles. The van der Waals surface area contributed by atoms with Gasteiger partial charge in [0.2, 0.25) is 0 Å². The molecule has 5 heteroatoms. The molecule has 0 fully saturated rings. The van der Waals surface area contributed by atoms with Gasteiger partial charge in [0.05, 0.1) is 23.0 Å². The summed E-state index contributed by atoms with van der Waals surface area (Å²) in [6, 6.07) is 4.17. The number of halogens is 1. The fourth-order valence-corrected chi connectivity index (χ4v) is 2.90. The van der Waals surface area contributed by atoms with Crippen LogP contribution in [-0.4, -0.2) is 14.9 Å². The predicted molar refractivity (Wildman–Crippen MR) is 70.4 cm³/mol. The van der Waals surface area contributed by atoms with E-state index in [9.17, 15) is 5.11 Å². The molecule has 0 bridgehead atoms. The largest absolute Gasteiger partial charge is 0.387 e. The van der Waals surface area contributed by atoms with Crippen LogP contribution in [0.3, 0.4) is 0 Å². The summed E-state index contributed by atoms with van der Waals surface area (Å²) in [5.41, 5.74) is 0.706. The molecule has 1 unspecified atom stereocenters. The Morgan fingerprint density at radius 2 is 2.41 bits per heavy atom. The Balaban J connectivity index is 1.87. The summed E-state index contributed by atoms with van der Waals surface area (Å²) in [7, 11) is 1.80. The van der Waals surface area contributed by atoms with Crippen LogP contribution in [0.15, 0.2) is 23.7 Å². The van der Waals surface area contributed by atoms with Crippen LogP contribution < -0.4 is 0 Å². The van der Waals surface area contributed by atoms with Crippen molar-refractivity contribution in [3.63, 3.8) is 0 Å². The standard InChI is InChI=1S/C12H15ClN2OS/c1-15-12(10(13)8-14-15)11(16)6-2-4-9-5-3-7-17-9/h3,5,7-8,11,16H,2,4,6H2,1H3. The Hall–Kier alpha value is -0.840. The molecule has 2 rings (SSSR count). The van der Waals surface area contributed by atoms with Crippen molar-refractivity contribution in [1.82, 2.24) is 9.78 Å². The molecule has 0 radical (unpaired) electrons. The molecule has 0 amide bonds. The van der Waals surface area contributed by atoms with Crippen LogP contribution >= 0.6 is 22.9 Å². The number of aromatic nitrogens is 2. The lowest BCUT2D eigenvalue weighted by molar-refractivity contribution is 0.155. The second-order valence-electron chi connectivity index (χ2n) is 3.99. The van der Waals surface area contributed by atoms with Gasteiger partial charge in [0, 0.05) is 11.9 Å². The summed E-state index contributed by atoms with van der Waals surface area (Å²) in [6.45, 7) is 0. The minimum atomic E-state index is -0.532. The van der Waals surface area contributed by atoms with Crippen molar-refractivity contribution in [3.05, 3.63) is 39.3 Å². The molecule has 0 spiro atoms. The van der Waals surface area contributed by atoms with Crippen molar-refractivity contribution < 1.29 is 5.11 Å². The lowest BCUT2D eigenvalue weighted by atomic mass is 10.1. The first-order chi connectivity index (χ1) is 8.18. The maximum Gasteiger partial charge on any atom is 0.0971 e. The fourth-order valence-electron chi connectivity index (χ4n) is 1.86. The van der Waals surface area contributed by atoms with Crippen molar-refractivity contribution in [3.8, 4) is 0 Å². The van der Waals surface area contributed by atoms with Gasteiger partial charge in [-0.05, 0) is 30.7 Å². The maximum atomic E-state index is 10.1. The van der Waals surface area contributed by atoms with E-state index in [0.717, 1.165) is 12.8 Å². The average molecular weight is 271 g/mol. The molecule has 0 saturated carbocycles. The van der Waals surface area contributed by atoms with E-state index >= 15 is 0 Å². The lowest BCUT2D eigenvalue weighted by Crippen LogP contribution is -2.06. The molecular formula is C12H15ClN2OS. The highest BCUT2D eigenvalue weighted by atomic mass is 35.5. The molecule has 0 aliphatic heterocycles. The van der Waals surface area contributed by atoms with Crippen LogP contribution in [0.25, 0.3) is 0 Å². The van der Waals surface area contributed by atoms with Crippen molar-refractivity contribution in [2.45, 2.75) is 25.4 Å². The average Bonchev–Trinajstić information content (AvgIpc) is 2.89. The van der Waals surface area contributed by atoms with Gasteiger partial charge in [-0.2, -0.15) is 5.10 Å². The van der Waals surface area contributed by atoms with E-state index in [-0.39, 0.29) is 0 Å². The van der Waals surface area contributed by atoms with E-state index < -0.39 is 6.10 Å². The molecule has 2 aromatic rings. The molecule has 0 aliphatic carbocycles. The summed E-state index contributed by atoms with van der Waals surface area (Å²) in [5.74, 6) is 0. The topological polar surface area (TPSA) is 38.0 Å². The van der Waals surface area contributed by atoms with Crippen LogP contribution in [0.1, 0.15) is 29.5 Å². The summed E-state index contributed by atoms with van der Waals surface area (Å²) >= 11 is 7.73. The molecule has 17 heavy (non-hydrogen) atoms. The predicted octanol–water partition coefficient (Wildman–Crippen LogP) is 3.19. The highest BCUT2D eigenvalue weighted by molar-refractivity contribution is 7.09. The quantitative estimate of drug-likeness (QED) is 0.906. The smallest absolute Gasteiger partial charge is 0.0971 e. The molecule has 3 nitrogen and oxygen atoms in total. The van der Waals surface area contributed by atoms with E-state index in [1.807, 2.05) is 0 Å². The maximum absolute atomic E-state index is 10.1. The first kappa shape index (κ1) is 12.6. The first-order valence-electron chi connectivity index (χ1n) is 5.56. The number of thiophene rings is 1. The molecule has 92 valence electrons. The Bertz CT molecular complexity index is 447. The van der Waals surface area contributed by atoms with Gasteiger partial charge in [-0.15, -0.1) is 11.3 Å². The normalized spacial score (nSPS) is 12.9. The summed E-state index contributed by atoms with van der Waals surface area (Å²) < 4.78 is 1.64. The van der Waals surface area contributed by atoms with Crippen molar-refractivity contribution >= 4 is 22.9 Å². The summed E-state index contributed by atoms with van der Waals surface area (Å²) in [6.07, 6.45) is 3.69. The highest BCUT2D eigenvalue weighted by Crippen LogP contribution is 2.26. The lowest BCUT2D eigenvalue weighted by Gasteiger charge is -2.11. The van der Waals surface area contributed by atoms with Crippen molar-refractivity contribution in [2.75, 3.05) is 0 Å². The summed E-state index contributed by atoms with van der Waals surface area (Å²) in [5, 5.41) is 16.7. The van der Waals surface area contributed by atoms with E-state index in [4.69, 9.17) is 11.6 Å². The Morgan fingerprint density at radius 3 is 3.00 bits per heavy atom. The van der Waals surface area contributed by atoms with Gasteiger partial charge in [0.25, 0.3) is 0 Å². The van der Waals surface area contributed by atoms with E-state index in [1.54, 1.807) is 29.3 Å². The number of aliphatic hydroxyl groups excluding tert-OH is 1. The van der Waals surface area contributed by atoms with E-state index in [0.29, 0.717) is 17.1 Å². The van der Waals surface area contributed by atoms with Crippen LogP contribution in [0.5, 0.6) is 0 Å². The molecular weight excluding hydrogens is 256 g/mol. The molecule has 0 aliphatic rings. The molecule has 1 N–H and O–H groups in total.